The number of aromatic nitrogens is 2. The first-order valence-corrected chi connectivity index (χ1v) is 10.2. The molecule has 0 fully saturated rings. The van der Waals surface area contributed by atoms with Gasteiger partial charge in [-0.1, -0.05) is 43.5 Å². The van der Waals surface area contributed by atoms with Gasteiger partial charge in [0.2, 0.25) is 0 Å². The molecule has 2 aromatic rings. The minimum atomic E-state index is -0.871. The third-order valence-electron chi connectivity index (χ3n) is 4.94. The summed E-state index contributed by atoms with van der Waals surface area (Å²) in [6, 6.07) is 7.99. The lowest BCUT2D eigenvalue weighted by Gasteiger charge is -2.09. The first-order valence-electron chi connectivity index (χ1n) is 9.87. The SMILES string of the molecule is C[C@H](CC(=O)O)CC(=O)c1cnn(C)c1CCCCCCc1cccc(Cl)c1. The lowest BCUT2D eigenvalue weighted by molar-refractivity contribution is -0.137. The molecule has 0 aliphatic heterocycles. The molecular formula is C22H29ClN2O3. The summed E-state index contributed by atoms with van der Waals surface area (Å²) in [7, 11) is 1.85. The van der Waals surface area contributed by atoms with Crippen LogP contribution in [0.2, 0.25) is 5.02 Å². The van der Waals surface area contributed by atoms with Crippen LogP contribution >= 0.6 is 11.6 Å². The summed E-state index contributed by atoms with van der Waals surface area (Å²) in [5.74, 6) is -1.06. The average Bonchev–Trinajstić information content (AvgIpc) is 2.98. The number of carboxylic acid groups (broad SMARTS) is 1. The second-order valence-electron chi connectivity index (χ2n) is 7.50. The van der Waals surface area contributed by atoms with Gasteiger partial charge in [0.15, 0.2) is 5.78 Å². The predicted octanol–water partition coefficient (Wildman–Crippen LogP) is 5.10. The lowest BCUT2D eigenvalue weighted by atomic mass is 9.96. The number of hydrogen-bond acceptors (Lipinski definition) is 3. The Labute approximate surface area is 171 Å². The molecule has 0 unspecified atom stereocenters. The summed E-state index contributed by atoms with van der Waals surface area (Å²) >= 11 is 6.01. The van der Waals surface area contributed by atoms with Crippen LogP contribution in [0.1, 0.15) is 67.1 Å². The molecule has 1 heterocycles. The molecule has 0 aliphatic carbocycles. The molecule has 28 heavy (non-hydrogen) atoms. The van der Waals surface area contributed by atoms with Gasteiger partial charge in [-0.15, -0.1) is 0 Å². The monoisotopic (exact) mass is 404 g/mol. The van der Waals surface area contributed by atoms with Gasteiger partial charge in [-0.25, -0.2) is 0 Å². The fourth-order valence-electron chi connectivity index (χ4n) is 3.46. The van der Waals surface area contributed by atoms with E-state index in [1.165, 1.54) is 5.56 Å². The van der Waals surface area contributed by atoms with Crippen molar-refractivity contribution < 1.29 is 14.7 Å². The maximum absolute atomic E-state index is 12.5. The third kappa shape index (κ3) is 7.12. The maximum atomic E-state index is 12.5. The molecule has 0 bridgehead atoms. The fraction of sp³-hybridized carbons (Fsp3) is 0.500. The molecule has 0 radical (unpaired) electrons. The molecule has 0 spiro atoms. The summed E-state index contributed by atoms with van der Waals surface area (Å²) < 4.78 is 1.76. The predicted molar refractivity (Wildman–Crippen MR) is 111 cm³/mol. The largest absolute Gasteiger partial charge is 0.481 e. The van der Waals surface area contributed by atoms with Crippen LogP contribution in [0.3, 0.4) is 0 Å². The number of hydrogen-bond donors (Lipinski definition) is 1. The van der Waals surface area contributed by atoms with Crippen LogP contribution in [0.25, 0.3) is 0 Å². The van der Waals surface area contributed by atoms with E-state index in [0.29, 0.717) is 5.56 Å². The number of aliphatic carboxylic acids is 1. The Morgan fingerprint density at radius 1 is 1.14 bits per heavy atom. The van der Waals surface area contributed by atoms with E-state index in [0.717, 1.165) is 49.2 Å². The Morgan fingerprint density at radius 3 is 2.54 bits per heavy atom. The molecule has 0 saturated carbocycles. The third-order valence-corrected chi connectivity index (χ3v) is 5.17. The minimum absolute atomic E-state index is 0.00790. The number of benzene rings is 1. The standard InChI is InChI=1S/C22H29ClN2O3/c1-16(13-22(27)28)12-21(26)19-15-24-25(2)20(19)11-6-4-3-5-8-17-9-7-10-18(23)14-17/h7,9-10,14-16H,3-6,8,11-13H2,1-2H3,(H,27,28)/t16-/m0/s1. The number of unbranched alkanes of at least 4 members (excludes halogenated alkanes) is 3. The van der Waals surface area contributed by atoms with Crippen molar-refractivity contribution >= 4 is 23.4 Å². The van der Waals surface area contributed by atoms with Crippen molar-refractivity contribution in [3.8, 4) is 0 Å². The molecule has 0 saturated heterocycles. The van der Waals surface area contributed by atoms with Crippen molar-refractivity contribution in [2.45, 2.75) is 58.3 Å². The Hall–Kier alpha value is -2.14. The van der Waals surface area contributed by atoms with Gasteiger partial charge in [-0.05, 0) is 49.3 Å². The normalized spacial score (nSPS) is 12.1. The van der Waals surface area contributed by atoms with Crippen LogP contribution in [0.15, 0.2) is 30.5 Å². The van der Waals surface area contributed by atoms with Gasteiger partial charge in [0.25, 0.3) is 0 Å². The van der Waals surface area contributed by atoms with Crippen LogP contribution in [-0.2, 0) is 24.7 Å². The van der Waals surface area contributed by atoms with Crippen LogP contribution in [0, 0.1) is 5.92 Å². The van der Waals surface area contributed by atoms with Crippen molar-refractivity contribution in [3.63, 3.8) is 0 Å². The topological polar surface area (TPSA) is 72.2 Å². The van der Waals surface area contributed by atoms with E-state index in [1.54, 1.807) is 17.8 Å². The molecule has 6 heteroatoms. The highest BCUT2D eigenvalue weighted by Gasteiger charge is 2.19. The molecular weight excluding hydrogens is 376 g/mol. The van der Waals surface area contributed by atoms with E-state index in [-0.39, 0.29) is 24.5 Å². The number of carbonyl (C=O) groups is 2. The highest BCUT2D eigenvalue weighted by Crippen LogP contribution is 2.19. The molecule has 1 aromatic heterocycles. The quantitative estimate of drug-likeness (QED) is 0.394. The number of carbonyl (C=O) groups excluding carboxylic acids is 1. The molecule has 0 amide bonds. The van der Waals surface area contributed by atoms with Gasteiger partial charge < -0.3 is 5.11 Å². The summed E-state index contributed by atoms with van der Waals surface area (Å²) in [5, 5.41) is 13.9. The smallest absolute Gasteiger partial charge is 0.303 e. The van der Waals surface area contributed by atoms with E-state index < -0.39 is 5.97 Å². The molecule has 1 atom stereocenters. The summed E-state index contributed by atoms with van der Waals surface area (Å²) in [4.78, 5) is 23.3. The maximum Gasteiger partial charge on any atom is 0.303 e. The van der Waals surface area contributed by atoms with Gasteiger partial charge in [0.1, 0.15) is 0 Å². The van der Waals surface area contributed by atoms with E-state index in [9.17, 15) is 9.59 Å². The van der Waals surface area contributed by atoms with E-state index in [4.69, 9.17) is 16.7 Å². The zero-order valence-electron chi connectivity index (χ0n) is 16.7. The van der Waals surface area contributed by atoms with Gasteiger partial charge in [-0.3, -0.25) is 14.3 Å². The molecule has 2 rings (SSSR count). The Bertz CT molecular complexity index is 801. The van der Waals surface area contributed by atoms with Gasteiger partial charge in [-0.2, -0.15) is 5.10 Å². The molecule has 5 nitrogen and oxygen atoms in total. The Balaban J connectivity index is 1.77. The second-order valence-corrected chi connectivity index (χ2v) is 7.94. The first kappa shape index (κ1) is 22.2. The summed E-state index contributed by atoms with van der Waals surface area (Å²) in [5.41, 5.74) is 2.85. The van der Waals surface area contributed by atoms with Crippen molar-refractivity contribution in [3.05, 3.63) is 52.3 Å². The zero-order chi connectivity index (χ0) is 20.5. The van der Waals surface area contributed by atoms with Crippen molar-refractivity contribution in [1.29, 1.82) is 0 Å². The first-order chi connectivity index (χ1) is 13.4. The summed E-state index contributed by atoms with van der Waals surface area (Å²) in [6.45, 7) is 1.79. The highest BCUT2D eigenvalue weighted by atomic mass is 35.5. The van der Waals surface area contributed by atoms with Crippen LogP contribution in [0.5, 0.6) is 0 Å². The second kappa shape index (κ2) is 11.0. The highest BCUT2D eigenvalue weighted by molar-refractivity contribution is 6.30. The Morgan fingerprint density at radius 2 is 1.86 bits per heavy atom. The molecule has 1 aromatic carbocycles. The van der Waals surface area contributed by atoms with Crippen LogP contribution < -0.4 is 0 Å². The number of aryl methyl sites for hydroxylation is 2. The van der Waals surface area contributed by atoms with Gasteiger partial charge >= 0.3 is 5.97 Å². The van der Waals surface area contributed by atoms with Gasteiger partial charge in [0, 0.05) is 30.6 Å². The van der Waals surface area contributed by atoms with Crippen molar-refractivity contribution in [2.24, 2.45) is 13.0 Å². The van der Waals surface area contributed by atoms with Crippen molar-refractivity contribution in [1.82, 2.24) is 9.78 Å². The number of nitrogens with zero attached hydrogens (tertiary/aromatic N) is 2. The van der Waals surface area contributed by atoms with E-state index in [2.05, 4.69) is 11.2 Å². The fourth-order valence-corrected chi connectivity index (χ4v) is 3.67. The van der Waals surface area contributed by atoms with Crippen LogP contribution in [-0.4, -0.2) is 26.6 Å². The number of carboxylic acids is 1. The molecule has 1 N–H and O–H groups in total. The van der Waals surface area contributed by atoms with Gasteiger partial charge in [0.05, 0.1) is 11.8 Å². The number of rotatable bonds is 12. The van der Waals surface area contributed by atoms with Crippen LogP contribution in [0.4, 0.5) is 0 Å². The number of Topliss-reactive ketones (excluding diaryl/α,β-unsaturated/α-hetero) is 1. The molecule has 0 aliphatic rings. The number of halogens is 1. The minimum Gasteiger partial charge on any atom is -0.481 e. The zero-order valence-corrected chi connectivity index (χ0v) is 17.4. The average molecular weight is 405 g/mol. The lowest BCUT2D eigenvalue weighted by Crippen LogP contribution is -2.12. The number of ketones is 1. The summed E-state index contributed by atoms with van der Waals surface area (Å²) in [6.07, 6.45) is 8.03. The van der Waals surface area contributed by atoms with E-state index >= 15 is 0 Å². The Kier molecular flexibility index (Phi) is 8.71. The molecule has 152 valence electrons. The van der Waals surface area contributed by atoms with E-state index in [1.807, 2.05) is 25.2 Å². The van der Waals surface area contributed by atoms with Crippen molar-refractivity contribution in [2.75, 3.05) is 0 Å².